The summed E-state index contributed by atoms with van der Waals surface area (Å²) in [7, 11) is 0. The third kappa shape index (κ3) is 2.75. The van der Waals surface area contributed by atoms with Gasteiger partial charge in [-0.25, -0.2) is 9.97 Å². The summed E-state index contributed by atoms with van der Waals surface area (Å²) in [6.45, 7) is 8.54. The largest absolute Gasteiger partial charge is 0.356 e. The quantitative estimate of drug-likeness (QED) is 0.842. The highest BCUT2D eigenvalue weighted by Gasteiger charge is 2.18. The van der Waals surface area contributed by atoms with E-state index in [4.69, 9.17) is 0 Å². The number of hydrogen-bond donors (Lipinski definition) is 1. The molecule has 94 valence electrons. The van der Waals surface area contributed by atoms with Gasteiger partial charge < -0.3 is 10.2 Å². The number of hydrogen-bond acceptors (Lipinski definition) is 4. The van der Waals surface area contributed by atoms with Crippen LogP contribution in [0.25, 0.3) is 0 Å². The van der Waals surface area contributed by atoms with Crippen molar-refractivity contribution in [2.24, 2.45) is 0 Å². The minimum absolute atomic E-state index is 0.912. The third-order valence-corrected chi connectivity index (χ3v) is 3.14. The van der Waals surface area contributed by atoms with Crippen molar-refractivity contribution in [3.63, 3.8) is 0 Å². The highest BCUT2D eigenvalue weighted by atomic mass is 15.2. The lowest BCUT2D eigenvalue weighted by Gasteiger charge is -2.27. The first-order chi connectivity index (χ1) is 8.36. The van der Waals surface area contributed by atoms with Crippen LogP contribution in [0.5, 0.6) is 0 Å². The van der Waals surface area contributed by atoms with Crippen molar-refractivity contribution in [1.29, 1.82) is 0 Å². The molecule has 1 aliphatic heterocycles. The van der Waals surface area contributed by atoms with E-state index in [9.17, 15) is 0 Å². The van der Waals surface area contributed by atoms with Crippen LogP contribution in [0.2, 0.25) is 0 Å². The summed E-state index contributed by atoms with van der Waals surface area (Å²) in [5, 5.41) is 3.41. The van der Waals surface area contributed by atoms with Gasteiger partial charge in [0.05, 0.1) is 5.69 Å². The van der Waals surface area contributed by atoms with Gasteiger partial charge in [0.15, 0.2) is 0 Å². The SMILES string of the molecule is CCCN(CCC)c1ncnc2c1CNCC2. The number of nitrogens with zero attached hydrogens (tertiary/aromatic N) is 3. The van der Waals surface area contributed by atoms with E-state index < -0.39 is 0 Å². The fourth-order valence-corrected chi connectivity index (χ4v) is 2.39. The van der Waals surface area contributed by atoms with Gasteiger partial charge in [-0.05, 0) is 12.8 Å². The number of fused-ring (bicyclic) bond motifs is 1. The van der Waals surface area contributed by atoms with Crippen molar-refractivity contribution in [3.05, 3.63) is 17.6 Å². The highest BCUT2D eigenvalue weighted by Crippen LogP contribution is 2.22. The van der Waals surface area contributed by atoms with Gasteiger partial charge in [-0.2, -0.15) is 0 Å². The molecule has 17 heavy (non-hydrogen) atoms. The Labute approximate surface area is 103 Å². The van der Waals surface area contributed by atoms with Crippen LogP contribution in [0.3, 0.4) is 0 Å². The molecule has 0 unspecified atom stereocenters. The molecule has 0 aromatic carbocycles. The summed E-state index contributed by atoms with van der Waals surface area (Å²) in [5.74, 6) is 1.14. The summed E-state index contributed by atoms with van der Waals surface area (Å²) in [6, 6.07) is 0. The molecule has 0 amide bonds. The molecule has 0 saturated carbocycles. The van der Waals surface area contributed by atoms with Crippen molar-refractivity contribution in [1.82, 2.24) is 15.3 Å². The summed E-state index contributed by atoms with van der Waals surface area (Å²) in [6.07, 6.45) is 5.06. The second-order valence-electron chi connectivity index (χ2n) is 4.54. The van der Waals surface area contributed by atoms with Gasteiger partial charge in [-0.1, -0.05) is 13.8 Å². The second kappa shape index (κ2) is 5.96. The lowest BCUT2D eigenvalue weighted by Crippen LogP contribution is -2.32. The summed E-state index contributed by atoms with van der Waals surface area (Å²) in [5.41, 5.74) is 2.53. The molecule has 0 aliphatic carbocycles. The van der Waals surface area contributed by atoms with Crippen LogP contribution in [0.1, 0.15) is 37.9 Å². The van der Waals surface area contributed by atoms with Crippen molar-refractivity contribution in [2.75, 3.05) is 24.5 Å². The molecule has 1 N–H and O–H groups in total. The average molecular weight is 234 g/mol. The Morgan fingerprint density at radius 1 is 1.24 bits per heavy atom. The first-order valence-electron chi connectivity index (χ1n) is 6.65. The van der Waals surface area contributed by atoms with Gasteiger partial charge in [0, 0.05) is 38.2 Å². The molecule has 1 aliphatic rings. The molecular weight excluding hydrogens is 212 g/mol. The second-order valence-corrected chi connectivity index (χ2v) is 4.54. The molecule has 4 heteroatoms. The summed E-state index contributed by atoms with van der Waals surface area (Å²) >= 11 is 0. The fraction of sp³-hybridized carbons (Fsp3) is 0.692. The van der Waals surface area contributed by atoms with E-state index in [1.165, 1.54) is 11.3 Å². The predicted molar refractivity (Wildman–Crippen MR) is 70.2 cm³/mol. The Morgan fingerprint density at radius 2 is 2.00 bits per heavy atom. The first kappa shape index (κ1) is 12.3. The van der Waals surface area contributed by atoms with E-state index in [1.54, 1.807) is 6.33 Å². The number of aromatic nitrogens is 2. The molecule has 2 heterocycles. The van der Waals surface area contributed by atoms with E-state index in [0.29, 0.717) is 0 Å². The minimum atomic E-state index is 0.912. The minimum Gasteiger partial charge on any atom is -0.356 e. The topological polar surface area (TPSA) is 41.1 Å². The monoisotopic (exact) mass is 234 g/mol. The maximum Gasteiger partial charge on any atom is 0.136 e. The van der Waals surface area contributed by atoms with Gasteiger partial charge >= 0.3 is 0 Å². The molecule has 0 fully saturated rings. The third-order valence-electron chi connectivity index (χ3n) is 3.14. The van der Waals surface area contributed by atoms with Crippen LogP contribution < -0.4 is 10.2 Å². The van der Waals surface area contributed by atoms with Crippen LogP contribution in [0, 0.1) is 0 Å². The summed E-state index contributed by atoms with van der Waals surface area (Å²) in [4.78, 5) is 11.3. The molecule has 0 bridgehead atoms. The lowest BCUT2D eigenvalue weighted by molar-refractivity contribution is 0.617. The number of rotatable bonds is 5. The van der Waals surface area contributed by atoms with Gasteiger partial charge in [-0.15, -0.1) is 0 Å². The molecule has 1 aromatic heterocycles. The summed E-state index contributed by atoms with van der Waals surface area (Å²) < 4.78 is 0. The zero-order valence-corrected chi connectivity index (χ0v) is 10.9. The maximum absolute atomic E-state index is 4.50. The Hall–Kier alpha value is -1.16. The zero-order valence-electron chi connectivity index (χ0n) is 10.9. The predicted octanol–water partition coefficient (Wildman–Crippen LogP) is 1.75. The lowest BCUT2D eigenvalue weighted by atomic mass is 10.1. The molecular formula is C13H22N4. The van der Waals surface area contributed by atoms with E-state index in [-0.39, 0.29) is 0 Å². The Balaban J connectivity index is 2.28. The van der Waals surface area contributed by atoms with E-state index in [1.807, 2.05) is 0 Å². The number of nitrogens with one attached hydrogen (secondary N) is 1. The van der Waals surface area contributed by atoms with E-state index in [2.05, 4.69) is 34.0 Å². The smallest absolute Gasteiger partial charge is 0.136 e. The van der Waals surface area contributed by atoms with Crippen molar-refractivity contribution in [3.8, 4) is 0 Å². The normalized spacial score (nSPS) is 14.5. The van der Waals surface area contributed by atoms with Crippen LogP contribution >= 0.6 is 0 Å². The van der Waals surface area contributed by atoms with Crippen molar-refractivity contribution in [2.45, 2.75) is 39.7 Å². The van der Waals surface area contributed by atoms with Crippen LogP contribution in [0.4, 0.5) is 5.82 Å². The fourth-order valence-electron chi connectivity index (χ4n) is 2.39. The standard InChI is InChI=1S/C13H22N4/c1-3-7-17(8-4-2)13-11-9-14-6-5-12(11)15-10-16-13/h10,14H,3-9H2,1-2H3. The maximum atomic E-state index is 4.50. The molecule has 1 aromatic rings. The average Bonchev–Trinajstić information content (AvgIpc) is 2.38. The molecule has 4 nitrogen and oxygen atoms in total. The molecule has 2 rings (SSSR count). The van der Waals surface area contributed by atoms with E-state index in [0.717, 1.165) is 51.3 Å². The van der Waals surface area contributed by atoms with Gasteiger partial charge in [0.1, 0.15) is 12.1 Å². The van der Waals surface area contributed by atoms with Crippen molar-refractivity contribution >= 4 is 5.82 Å². The van der Waals surface area contributed by atoms with Crippen molar-refractivity contribution < 1.29 is 0 Å². The molecule has 0 radical (unpaired) electrons. The molecule has 0 saturated heterocycles. The van der Waals surface area contributed by atoms with Gasteiger partial charge in [0.2, 0.25) is 0 Å². The Morgan fingerprint density at radius 3 is 2.71 bits per heavy atom. The highest BCUT2D eigenvalue weighted by molar-refractivity contribution is 5.49. The molecule has 0 atom stereocenters. The zero-order chi connectivity index (χ0) is 12.1. The van der Waals surface area contributed by atoms with Gasteiger partial charge in [-0.3, -0.25) is 0 Å². The Bertz CT molecular complexity index is 358. The number of anilines is 1. The van der Waals surface area contributed by atoms with Crippen LogP contribution in [-0.4, -0.2) is 29.6 Å². The first-order valence-corrected chi connectivity index (χ1v) is 6.65. The van der Waals surface area contributed by atoms with Gasteiger partial charge in [0.25, 0.3) is 0 Å². The van der Waals surface area contributed by atoms with Crippen LogP contribution in [0.15, 0.2) is 6.33 Å². The molecule has 0 spiro atoms. The van der Waals surface area contributed by atoms with Crippen LogP contribution in [-0.2, 0) is 13.0 Å². The Kier molecular flexibility index (Phi) is 4.31. The van der Waals surface area contributed by atoms with E-state index >= 15 is 0 Å².